The number of hydrogen-bond acceptors (Lipinski definition) is 7. The van der Waals surface area contributed by atoms with Crippen LogP contribution in [0.5, 0.6) is 0 Å². The third kappa shape index (κ3) is 3.29. The van der Waals surface area contributed by atoms with Gasteiger partial charge in [0.1, 0.15) is 16.9 Å². The number of pyridine rings is 1. The predicted molar refractivity (Wildman–Crippen MR) is 115 cm³/mol. The number of nitriles is 1. The summed E-state index contributed by atoms with van der Waals surface area (Å²) >= 11 is 0. The Hall–Kier alpha value is -3.45. The molecule has 1 atom stereocenters. The molecule has 0 unspecified atom stereocenters. The van der Waals surface area contributed by atoms with Gasteiger partial charge in [-0.05, 0) is 31.2 Å². The molecule has 5 rings (SSSR count). The minimum Gasteiger partial charge on any atom is -0.378 e. The molecule has 0 radical (unpaired) electrons. The zero-order valence-corrected chi connectivity index (χ0v) is 18.1. The van der Waals surface area contributed by atoms with Crippen LogP contribution in [0.2, 0.25) is 0 Å². The predicted octanol–water partition coefficient (Wildman–Crippen LogP) is 1.69. The molecule has 0 spiro atoms. The average molecular weight is 435 g/mol. The molecule has 166 valence electrons. The molecule has 1 aliphatic carbocycles. The van der Waals surface area contributed by atoms with Gasteiger partial charge in [0.2, 0.25) is 5.91 Å². The summed E-state index contributed by atoms with van der Waals surface area (Å²) in [5.41, 5.74) is 0.283. The van der Waals surface area contributed by atoms with E-state index in [9.17, 15) is 14.9 Å². The Morgan fingerprint density at radius 3 is 2.78 bits per heavy atom. The lowest BCUT2D eigenvalue weighted by atomic mass is 9.83. The van der Waals surface area contributed by atoms with Crippen molar-refractivity contribution in [2.45, 2.75) is 25.4 Å². The Morgan fingerprint density at radius 1 is 1.31 bits per heavy atom. The van der Waals surface area contributed by atoms with Gasteiger partial charge in [0.05, 0.1) is 12.2 Å². The van der Waals surface area contributed by atoms with Crippen LogP contribution in [0.3, 0.4) is 0 Å². The van der Waals surface area contributed by atoms with Crippen LogP contribution < -0.4 is 10.2 Å². The quantitative estimate of drug-likeness (QED) is 0.734. The van der Waals surface area contributed by atoms with Crippen LogP contribution in [0, 0.1) is 22.7 Å². The largest absolute Gasteiger partial charge is 0.378 e. The first kappa shape index (κ1) is 20.5. The van der Waals surface area contributed by atoms with E-state index < -0.39 is 5.41 Å². The van der Waals surface area contributed by atoms with Gasteiger partial charge in [-0.25, -0.2) is 4.98 Å². The standard InChI is InChI=1S/C22H25N7O3/c1-27-17(20(30)28-11-16(12-28)32-2)10-19(26-27)25-18-9-15(5-7-24-18)29-8-6-22(13-23,21(29)31)14-3-4-14/h5,7,9-10,14,16H,3-4,6,8,11-12H2,1-2H3,(H,24,25,26)/t22-/m1/s1. The molecule has 0 bridgehead atoms. The highest BCUT2D eigenvalue weighted by molar-refractivity contribution is 6.02. The van der Waals surface area contributed by atoms with Crippen molar-refractivity contribution < 1.29 is 14.3 Å². The number of nitrogens with one attached hydrogen (secondary N) is 1. The molecule has 2 amide bonds. The summed E-state index contributed by atoms with van der Waals surface area (Å²) in [6.45, 7) is 1.66. The van der Waals surface area contributed by atoms with Gasteiger partial charge in [-0.1, -0.05) is 0 Å². The van der Waals surface area contributed by atoms with E-state index in [1.54, 1.807) is 48.4 Å². The number of rotatable bonds is 6. The van der Waals surface area contributed by atoms with Crippen molar-refractivity contribution in [3.05, 3.63) is 30.1 Å². The second-order valence-corrected chi connectivity index (χ2v) is 8.69. The number of methoxy groups -OCH3 is 1. The van der Waals surface area contributed by atoms with Crippen molar-refractivity contribution in [2.75, 3.05) is 37.0 Å². The smallest absolute Gasteiger partial charge is 0.272 e. The van der Waals surface area contributed by atoms with Crippen molar-refractivity contribution in [1.82, 2.24) is 19.7 Å². The van der Waals surface area contributed by atoms with E-state index in [4.69, 9.17) is 4.74 Å². The van der Waals surface area contributed by atoms with Gasteiger partial charge in [0.25, 0.3) is 5.91 Å². The van der Waals surface area contributed by atoms with Crippen molar-refractivity contribution in [3.8, 4) is 6.07 Å². The summed E-state index contributed by atoms with van der Waals surface area (Å²) < 4.78 is 6.77. The lowest BCUT2D eigenvalue weighted by Crippen LogP contribution is -2.54. The highest BCUT2D eigenvalue weighted by atomic mass is 16.5. The van der Waals surface area contributed by atoms with Gasteiger partial charge in [-0.15, -0.1) is 0 Å². The second-order valence-electron chi connectivity index (χ2n) is 8.69. The maximum absolute atomic E-state index is 13.1. The molecule has 10 heteroatoms. The Kier molecular flexibility index (Phi) is 4.86. The minimum absolute atomic E-state index is 0.0877. The summed E-state index contributed by atoms with van der Waals surface area (Å²) in [5, 5.41) is 17.2. The third-order valence-electron chi connectivity index (χ3n) is 6.71. The Labute approximate surface area is 185 Å². The molecule has 2 aromatic rings. The van der Waals surface area contributed by atoms with E-state index in [0.29, 0.717) is 49.1 Å². The molecule has 32 heavy (non-hydrogen) atoms. The Bertz CT molecular complexity index is 1110. The number of amides is 2. The van der Waals surface area contributed by atoms with Gasteiger partial charge in [0.15, 0.2) is 5.82 Å². The van der Waals surface area contributed by atoms with Gasteiger partial charge < -0.3 is 19.9 Å². The van der Waals surface area contributed by atoms with E-state index in [-0.39, 0.29) is 23.8 Å². The molecular formula is C22H25N7O3. The van der Waals surface area contributed by atoms with Crippen molar-refractivity contribution in [1.29, 1.82) is 5.26 Å². The molecule has 0 aromatic carbocycles. The van der Waals surface area contributed by atoms with Crippen molar-refractivity contribution >= 4 is 29.1 Å². The van der Waals surface area contributed by atoms with Crippen LogP contribution in [0.4, 0.5) is 17.3 Å². The normalized spacial score (nSPS) is 23.2. The zero-order chi connectivity index (χ0) is 22.5. The number of carbonyl (C=O) groups is 2. The van der Waals surface area contributed by atoms with E-state index in [0.717, 1.165) is 12.8 Å². The van der Waals surface area contributed by atoms with Crippen LogP contribution in [0.25, 0.3) is 0 Å². The number of aryl methyl sites for hydroxylation is 1. The summed E-state index contributed by atoms with van der Waals surface area (Å²) in [6, 6.07) is 7.54. The number of likely N-dealkylation sites (tertiary alicyclic amines) is 1. The second kappa shape index (κ2) is 7.60. The average Bonchev–Trinajstić information content (AvgIpc) is 3.46. The van der Waals surface area contributed by atoms with E-state index >= 15 is 0 Å². The number of aromatic nitrogens is 3. The molecule has 4 heterocycles. The third-order valence-corrected chi connectivity index (χ3v) is 6.71. The minimum atomic E-state index is -0.883. The molecule has 1 N–H and O–H groups in total. The lowest BCUT2D eigenvalue weighted by molar-refractivity contribution is -0.123. The number of nitrogens with zero attached hydrogens (tertiary/aromatic N) is 6. The highest BCUT2D eigenvalue weighted by Crippen LogP contribution is 2.51. The monoisotopic (exact) mass is 435 g/mol. The molecule has 2 saturated heterocycles. The Balaban J connectivity index is 1.31. The van der Waals surface area contributed by atoms with Crippen LogP contribution in [0.1, 0.15) is 29.8 Å². The maximum atomic E-state index is 13.1. The number of anilines is 3. The fourth-order valence-corrected chi connectivity index (χ4v) is 4.56. The first-order valence-electron chi connectivity index (χ1n) is 10.8. The molecule has 3 fully saturated rings. The molecule has 2 aliphatic heterocycles. The van der Waals surface area contributed by atoms with Gasteiger partial charge in [0, 0.05) is 57.8 Å². The van der Waals surface area contributed by atoms with E-state index in [1.807, 2.05) is 0 Å². The molecule has 2 aromatic heterocycles. The van der Waals surface area contributed by atoms with Gasteiger partial charge in [-0.2, -0.15) is 10.4 Å². The Morgan fingerprint density at radius 2 is 2.09 bits per heavy atom. The molecule has 1 saturated carbocycles. The van der Waals surface area contributed by atoms with Crippen molar-refractivity contribution in [2.24, 2.45) is 18.4 Å². The summed E-state index contributed by atoms with van der Waals surface area (Å²) in [4.78, 5) is 33.5. The molecule has 3 aliphatic rings. The van der Waals surface area contributed by atoms with Gasteiger partial charge >= 0.3 is 0 Å². The van der Waals surface area contributed by atoms with Crippen molar-refractivity contribution in [3.63, 3.8) is 0 Å². The fourth-order valence-electron chi connectivity index (χ4n) is 4.56. The van der Waals surface area contributed by atoms with Crippen LogP contribution in [0.15, 0.2) is 24.4 Å². The molecule has 10 nitrogen and oxygen atoms in total. The highest BCUT2D eigenvalue weighted by Gasteiger charge is 2.56. The summed E-state index contributed by atoms with van der Waals surface area (Å²) in [7, 11) is 3.36. The topological polar surface area (TPSA) is 116 Å². The first-order chi connectivity index (χ1) is 15.4. The SMILES string of the molecule is COC1CN(C(=O)c2cc(Nc3cc(N4CC[C@@](C#N)(C5CC5)C4=O)ccn3)nn2C)C1. The first-order valence-corrected chi connectivity index (χ1v) is 10.8. The maximum Gasteiger partial charge on any atom is 0.272 e. The van der Waals surface area contributed by atoms with E-state index in [1.165, 1.54) is 4.68 Å². The van der Waals surface area contributed by atoms with Crippen LogP contribution >= 0.6 is 0 Å². The van der Waals surface area contributed by atoms with Crippen LogP contribution in [-0.4, -0.2) is 64.3 Å². The van der Waals surface area contributed by atoms with E-state index in [2.05, 4.69) is 21.5 Å². The number of hydrogen-bond donors (Lipinski definition) is 1. The zero-order valence-electron chi connectivity index (χ0n) is 18.1. The lowest BCUT2D eigenvalue weighted by Gasteiger charge is -2.37. The summed E-state index contributed by atoms with van der Waals surface area (Å²) in [5.74, 6) is 0.963. The summed E-state index contributed by atoms with van der Waals surface area (Å²) in [6.07, 6.45) is 4.16. The number of carbonyl (C=O) groups excluding carboxylic acids is 2. The van der Waals surface area contributed by atoms with Crippen LogP contribution in [-0.2, 0) is 16.6 Å². The number of ether oxygens (including phenoxy) is 1. The van der Waals surface area contributed by atoms with Gasteiger partial charge in [-0.3, -0.25) is 14.3 Å². The molecular weight excluding hydrogens is 410 g/mol. The fraction of sp³-hybridized carbons (Fsp3) is 0.500.